The van der Waals surface area contributed by atoms with Crippen LogP contribution in [0.15, 0.2) is 29.4 Å². The summed E-state index contributed by atoms with van der Waals surface area (Å²) in [6, 6.07) is 7.04. The van der Waals surface area contributed by atoms with Gasteiger partial charge in [-0.1, -0.05) is 0 Å². The molecule has 0 aromatic heterocycles. The SMILES string of the molecule is CCOC(=O)COc1ccc(C=NN)cc1. The maximum absolute atomic E-state index is 11.0. The fraction of sp³-hybridized carbons (Fsp3) is 0.273. The summed E-state index contributed by atoms with van der Waals surface area (Å²) in [6.45, 7) is 2.02. The van der Waals surface area contributed by atoms with Crippen molar-refractivity contribution in [2.24, 2.45) is 10.9 Å². The summed E-state index contributed by atoms with van der Waals surface area (Å²) in [4.78, 5) is 11.0. The van der Waals surface area contributed by atoms with Gasteiger partial charge in [-0.25, -0.2) is 4.79 Å². The smallest absolute Gasteiger partial charge is 0.344 e. The second-order valence-electron chi connectivity index (χ2n) is 2.94. The van der Waals surface area contributed by atoms with E-state index in [9.17, 15) is 4.79 Å². The summed E-state index contributed by atoms with van der Waals surface area (Å²) < 4.78 is 9.93. The van der Waals surface area contributed by atoms with E-state index in [1.807, 2.05) is 0 Å². The third-order valence-corrected chi connectivity index (χ3v) is 1.77. The van der Waals surface area contributed by atoms with Gasteiger partial charge in [0.15, 0.2) is 6.61 Å². The number of benzene rings is 1. The Hall–Kier alpha value is -2.04. The zero-order valence-electron chi connectivity index (χ0n) is 9.05. The van der Waals surface area contributed by atoms with Gasteiger partial charge in [-0.2, -0.15) is 5.10 Å². The second-order valence-corrected chi connectivity index (χ2v) is 2.94. The largest absolute Gasteiger partial charge is 0.482 e. The first-order chi connectivity index (χ1) is 7.76. The molecule has 1 rings (SSSR count). The van der Waals surface area contributed by atoms with Crippen molar-refractivity contribution >= 4 is 12.2 Å². The normalized spacial score (nSPS) is 10.3. The molecule has 0 unspecified atom stereocenters. The molecule has 86 valence electrons. The van der Waals surface area contributed by atoms with Gasteiger partial charge in [-0.05, 0) is 36.8 Å². The summed E-state index contributed by atoms with van der Waals surface area (Å²) in [5, 5.41) is 3.39. The molecule has 0 spiro atoms. The van der Waals surface area contributed by atoms with Crippen LogP contribution in [0, 0.1) is 0 Å². The lowest BCUT2D eigenvalue weighted by molar-refractivity contribution is -0.145. The number of ether oxygens (including phenoxy) is 2. The van der Waals surface area contributed by atoms with Crippen LogP contribution >= 0.6 is 0 Å². The first kappa shape index (κ1) is 12.0. The summed E-state index contributed by atoms with van der Waals surface area (Å²) in [5.41, 5.74) is 0.867. The molecule has 0 fully saturated rings. The quantitative estimate of drug-likeness (QED) is 0.348. The van der Waals surface area contributed by atoms with E-state index >= 15 is 0 Å². The van der Waals surface area contributed by atoms with Crippen LogP contribution in [0.5, 0.6) is 5.75 Å². The lowest BCUT2D eigenvalue weighted by atomic mass is 10.2. The molecular formula is C11H14N2O3. The number of hydrogen-bond acceptors (Lipinski definition) is 5. The molecule has 0 aliphatic rings. The van der Waals surface area contributed by atoms with E-state index in [-0.39, 0.29) is 12.6 Å². The first-order valence-corrected chi connectivity index (χ1v) is 4.88. The number of nitrogens with two attached hydrogens (primary N) is 1. The van der Waals surface area contributed by atoms with Crippen molar-refractivity contribution in [1.29, 1.82) is 0 Å². The minimum atomic E-state index is -0.380. The van der Waals surface area contributed by atoms with Crippen molar-refractivity contribution in [3.63, 3.8) is 0 Å². The maximum atomic E-state index is 11.0. The number of carbonyl (C=O) groups excluding carboxylic acids is 1. The summed E-state index contributed by atoms with van der Waals surface area (Å²) in [7, 11) is 0. The predicted molar refractivity (Wildman–Crippen MR) is 60.4 cm³/mol. The van der Waals surface area contributed by atoms with Crippen LogP contribution in [-0.4, -0.2) is 25.4 Å². The fourth-order valence-electron chi connectivity index (χ4n) is 1.08. The van der Waals surface area contributed by atoms with E-state index in [0.29, 0.717) is 12.4 Å². The van der Waals surface area contributed by atoms with Gasteiger partial charge < -0.3 is 15.3 Å². The Morgan fingerprint density at radius 1 is 1.44 bits per heavy atom. The molecule has 16 heavy (non-hydrogen) atoms. The highest BCUT2D eigenvalue weighted by molar-refractivity contribution is 5.79. The second kappa shape index (κ2) is 6.44. The van der Waals surface area contributed by atoms with Crippen LogP contribution in [0.3, 0.4) is 0 Å². The Balaban J connectivity index is 2.46. The Morgan fingerprint density at radius 2 is 2.12 bits per heavy atom. The summed E-state index contributed by atoms with van der Waals surface area (Å²) in [6.07, 6.45) is 1.52. The van der Waals surface area contributed by atoms with E-state index in [4.69, 9.17) is 15.3 Å². The minimum absolute atomic E-state index is 0.0852. The molecule has 5 heteroatoms. The van der Waals surface area contributed by atoms with Crippen molar-refractivity contribution in [3.8, 4) is 5.75 Å². The average molecular weight is 222 g/mol. The summed E-state index contributed by atoms with van der Waals surface area (Å²) >= 11 is 0. The van der Waals surface area contributed by atoms with Crippen LogP contribution in [0.4, 0.5) is 0 Å². The van der Waals surface area contributed by atoms with Gasteiger partial charge in [0.05, 0.1) is 12.8 Å². The molecule has 0 radical (unpaired) electrons. The van der Waals surface area contributed by atoms with Crippen LogP contribution in [0.2, 0.25) is 0 Å². The molecule has 0 bridgehead atoms. The minimum Gasteiger partial charge on any atom is -0.482 e. The zero-order valence-corrected chi connectivity index (χ0v) is 9.05. The molecular weight excluding hydrogens is 208 g/mol. The number of nitrogens with zero attached hydrogens (tertiary/aromatic N) is 1. The molecule has 0 atom stereocenters. The predicted octanol–water partition coefficient (Wildman–Crippen LogP) is 0.921. The first-order valence-electron chi connectivity index (χ1n) is 4.88. The van der Waals surface area contributed by atoms with Gasteiger partial charge in [0.1, 0.15) is 5.75 Å². The summed E-state index contributed by atoms with van der Waals surface area (Å²) in [5.74, 6) is 5.23. The molecule has 0 aliphatic carbocycles. The lowest BCUT2D eigenvalue weighted by Gasteiger charge is -2.05. The molecule has 0 amide bonds. The lowest BCUT2D eigenvalue weighted by Crippen LogP contribution is -2.14. The van der Waals surface area contributed by atoms with Gasteiger partial charge in [-0.15, -0.1) is 0 Å². The topological polar surface area (TPSA) is 73.9 Å². The third-order valence-electron chi connectivity index (χ3n) is 1.77. The Morgan fingerprint density at radius 3 is 2.69 bits per heavy atom. The van der Waals surface area contributed by atoms with Crippen molar-refractivity contribution in [3.05, 3.63) is 29.8 Å². The number of hydrazone groups is 1. The van der Waals surface area contributed by atoms with Crippen LogP contribution in [0.1, 0.15) is 12.5 Å². The van der Waals surface area contributed by atoms with Crippen molar-refractivity contribution in [2.45, 2.75) is 6.92 Å². The van der Waals surface area contributed by atoms with Crippen LogP contribution in [-0.2, 0) is 9.53 Å². The number of rotatable bonds is 5. The Labute approximate surface area is 93.9 Å². The van der Waals surface area contributed by atoms with Gasteiger partial charge in [-0.3, -0.25) is 0 Å². The van der Waals surface area contributed by atoms with Gasteiger partial charge in [0, 0.05) is 0 Å². The molecule has 0 saturated heterocycles. The van der Waals surface area contributed by atoms with E-state index < -0.39 is 0 Å². The molecule has 5 nitrogen and oxygen atoms in total. The highest BCUT2D eigenvalue weighted by Crippen LogP contribution is 2.10. The molecule has 0 heterocycles. The van der Waals surface area contributed by atoms with E-state index in [1.165, 1.54) is 6.21 Å². The van der Waals surface area contributed by atoms with Crippen molar-refractivity contribution in [1.82, 2.24) is 0 Å². The number of carbonyl (C=O) groups is 1. The number of hydrogen-bond donors (Lipinski definition) is 1. The molecule has 1 aromatic rings. The van der Waals surface area contributed by atoms with Crippen molar-refractivity contribution < 1.29 is 14.3 Å². The van der Waals surface area contributed by atoms with E-state index in [2.05, 4.69) is 5.10 Å². The van der Waals surface area contributed by atoms with Crippen LogP contribution in [0.25, 0.3) is 0 Å². The monoisotopic (exact) mass is 222 g/mol. The Kier molecular flexibility index (Phi) is 4.85. The molecule has 2 N–H and O–H groups in total. The van der Waals surface area contributed by atoms with E-state index in [1.54, 1.807) is 31.2 Å². The van der Waals surface area contributed by atoms with Crippen molar-refractivity contribution in [2.75, 3.05) is 13.2 Å². The molecule has 1 aromatic carbocycles. The molecule has 0 saturated carbocycles. The van der Waals surface area contributed by atoms with E-state index in [0.717, 1.165) is 5.56 Å². The highest BCUT2D eigenvalue weighted by atomic mass is 16.6. The molecule has 0 aliphatic heterocycles. The number of esters is 1. The third kappa shape index (κ3) is 4.00. The van der Waals surface area contributed by atoms with Crippen LogP contribution < -0.4 is 10.6 Å². The highest BCUT2D eigenvalue weighted by Gasteiger charge is 2.02. The standard InChI is InChI=1S/C11H14N2O3/c1-2-15-11(14)8-16-10-5-3-9(4-6-10)7-13-12/h3-7H,2,8,12H2,1H3. The van der Waals surface area contributed by atoms with Gasteiger partial charge in [0.2, 0.25) is 0 Å². The Bertz CT molecular complexity index is 360. The average Bonchev–Trinajstić information content (AvgIpc) is 2.29. The van der Waals surface area contributed by atoms with Gasteiger partial charge >= 0.3 is 5.97 Å². The maximum Gasteiger partial charge on any atom is 0.344 e. The van der Waals surface area contributed by atoms with Gasteiger partial charge in [0.25, 0.3) is 0 Å². The zero-order chi connectivity index (χ0) is 11.8. The fourth-order valence-corrected chi connectivity index (χ4v) is 1.08.